The second-order valence-electron chi connectivity index (χ2n) is 5.64. The molecule has 0 saturated carbocycles. The molecule has 26 heavy (non-hydrogen) atoms. The Balaban J connectivity index is 1.56. The molecule has 0 aliphatic carbocycles. The van der Waals surface area contributed by atoms with Crippen molar-refractivity contribution in [3.63, 3.8) is 0 Å². The van der Waals surface area contributed by atoms with Crippen LogP contribution in [0.5, 0.6) is 17.2 Å². The molecule has 5 heteroatoms. The molecule has 0 heterocycles. The van der Waals surface area contributed by atoms with Crippen molar-refractivity contribution in [1.29, 1.82) is 0 Å². The van der Waals surface area contributed by atoms with Gasteiger partial charge in [-0.2, -0.15) is 0 Å². The Labute approximate surface area is 160 Å². The molecular weight excluding hydrogens is 394 g/mol. The Bertz CT molecular complexity index is 849. The van der Waals surface area contributed by atoms with E-state index < -0.39 is 6.10 Å². The number of nitrogens with one attached hydrogen (secondary N) is 1. The van der Waals surface area contributed by atoms with Gasteiger partial charge in [0.2, 0.25) is 0 Å². The number of rotatable bonds is 6. The molecule has 3 rings (SSSR count). The summed E-state index contributed by atoms with van der Waals surface area (Å²) in [4.78, 5) is 12.3. The third-order valence-corrected chi connectivity index (χ3v) is 4.13. The monoisotopic (exact) mass is 411 g/mol. The minimum atomic E-state index is -0.614. The van der Waals surface area contributed by atoms with E-state index >= 15 is 0 Å². The summed E-state index contributed by atoms with van der Waals surface area (Å²) in [5, 5.41) is 2.84. The van der Waals surface area contributed by atoms with Gasteiger partial charge in [0.25, 0.3) is 5.91 Å². The van der Waals surface area contributed by atoms with E-state index in [4.69, 9.17) is 9.47 Å². The average molecular weight is 412 g/mol. The van der Waals surface area contributed by atoms with Crippen LogP contribution in [0.1, 0.15) is 6.92 Å². The molecule has 1 amide bonds. The summed E-state index contributed by atoms with van der Waals surface area (Å²) in [5.74, 6) is 1.89. The number of hydrogen-bond acceptors (Lipinski definition) is 3. The second-order valence-corrected chi connectivity index (χ2v) is 6.56. The van der Waals surface area contributed by atoms with Crippen LogP contribution in [-0.4, -0.2) is 12.0 Å². The van der Waals surface area contributed by atoms with Crippen molar-refractivity contribution in [2.24, 2.45) is 0 Å². The molecule has 1 atom stereocenters. The van der Waals surface area contributed by atoms with Gasteiger partial charge in [0.05, 0.1) is 0 Å². The van der Waals surface area contributed by atoms with Crippen LogP contribution < -0.4 is 14.8 Å². The van der Waals surface area contributed by atoms with Crippen LogP contribution >= 0.6 is 15.9 Å². The Morgan fingerprint density at radius 1 is 0.846 bits per heavy atom. The number of anilines is 1. The van der Waals surface area contributed by atoms with Crippen molar-refractivity contribution in [2.45, 2.75) is 13.0 Å². The predicted octanol–water partition coefficient (Wildman–Crippen LogP) is 5.65. The summed E-state index contributed by atoms with van der Waals surface area (Å²) >= 11 is 3.37. The van der Waals surface area contributed by atoms with Crippen LogP contribution in [0.4, 0.5) is 5.69 Å². The maximum atomic E-state index is 12.3. The van der Waals surface area contributed by atoms with E-state index in [0.29, 0.717) is 17.2 Å². The van der Waals surface area contributed by atoms with Gasteiger partial charge in [-0.25, -0.2) is 0 Å². The van der Waals surface area contributed by atoms with Gasteiger partial charge in [0.15, 0.2) is 6.10 Å². The number of carbonyl (C=O) groups is 1. The minimum absolute atomic E-state index is 0.218. The highest BCUT2D eigenvalue weighted by atomic mass is 79.9. The lowest BCUT2D eigenvalue weighted by Gasteiger charge is -2.15. The fraction of sp³-hybridized carbons (Fsp3) is 0.0952. The van der Waals surface area contributed by atoms with E-state index in [-0.39, 0.29) is 5.91 Å². The predicted molar refractivity (Wildman–Crippen MR) is 106 cm³/mol. The Morgan fingerprint density at radius 3 is 2.08 bits per heavy atom. The quantitative estimate of drug-likeness (QED) is 0.570. The lowest BCUT2D eigenvalue weighted by Crippen LogP contribution is -2.30. The third-order valence-electron chi connectivity index (χ3n) is 3.60. The molecule has 0 saturated heterocycles. The molecule has 0 bridgehead atoms. The molecule has 4 nitrogen and oxygen atoms in total. The Morgan fingerprint density at radius 2 is 1.42 bits per heavy atom. The molecular formula is C21H18BrNO3. The zero-order chi connectivity index (χ0) is 18.4. The largest absolute Gasteiger partial charge is 0.481 e. The molecule has 0 aliphatic heterocycles. The van der Waals surface area contributed by atoms with Crippen molar-refractivity contribution >= 4 is 27.5 Å². The zero-order valence-corrected chi connectivity index (χ0v) is 15.8. The molecule has 0 fully saturated rings. The highest BCUT2D eigenvalue weighted by Crippen LogP contribution is 2.23. The van der Waals surface area contributed by atoms with Gasteiger partial charge in [-0.05, 0) is 67.6 Å². The van der Waals surface area contributed by atoms with Crippen LogP contribution in [-0.2, 0) is 4.79 Å². The van der Waals surface area contributed by atoms with E-state index in [1.807, 2.05) is 66.7 Å². The second kappa shape index (κ2) is 8.54. The number of benzene rings is 3. The average Bonchev–Trinajstić information content (AvgIpc) is 2.66. The van der Waals surface area contributed by atoms with Gasteiger partial charge in [-0.3, -0.25) is 4.79 Å². The first-order valence-electron chi connectivity index (χ1n) is 8.16. The molecule has 0 spiro atoms. The summed E-state index contributed by atoms with van der Waals surface area (Å²) in [5.41, 5.74) is 0.682. The SMILES string of the molecule is CC(Oc1ccc(Br)cc1)C(=O)Nc1ccc(Oc2ccccc2)cc1. The first-order chi connectivity index (χ1) is 12.6. The number of para-hydroxylation sites is 1. The minimum Gasteiger partial charge on any atom is -0.481 e. The van der Waals surface area contributed by atoms with Gasteiger partial charge >= 0.3 is 0 Å². The van der Waals surface area contributed by atoms with Gasteiger partial charge in [0, 0.05) is 10.2 Å². The van der Waals surface area contributed by atoms with Crippen LogP contribution in [0.25, 0.3) is 0 Å². The molecule has 1 N–H and O–H groups in total. The third kappa shape index (κ3) is 5.10. The van der Waals surface area contributed by atoms with Gasteiger partial charge in [-0.1, -0.05) is 34.1 Å². The van der Waals surface area contributed by atoms with Crippen molar-refractivity contribution in [1.82, 2.24) is 0 Å². The van der Waals surface area contributed by atoms with Gasteiger partial charge in [0.1, 0.15) is 17.2 Å². The maximum absolute atomic E-state index is 12.3. The van der Waals surface area contributed by atoms with Crippen LogP contribution in [0.15, 0.2) is 83.3 Å². The fourth-order valence-corrected chi connectivity index (χ4v) is 2.51. The molecule has 0 aliphatic rings. The lowest BCUT2D eigenvalue weighted by atomic mass is 10.2. The summed E-state index contributed by atoms with van der Waals surface area (Å²) < 4.78 is 12.3. The van der Waals surface area contributed by atoms with Crippen LogP contribution in [0, 0.1) is 0 Å². The molecule has 3 aromatic rings. The van der Waals surface area contributed by atoms with E-state index in [2.05, 4.69) is 21.2 Å². The first kappa shape index (κ1) is 18.0. The number of ether oxygens (including phenoxy) is 2. The van der Waals surface area contributed by atoms with Gasteiger partial charge < -0.3 is 14.8 Å². The van der Waals surface area contributed by atoms with Crippen LogP contribution in [0.3, 0.4) is 0 Å². The van der Waals surface area contributed by atoms with E-state index in [9.17, 15) is 4.79 Å². The van der Waals surface area contributed by atoms with Crippen molar-refractivity contribution in [3.8, 4) is 17.2 Å². The van der Waals surface area contributed by atoms with E-state index in [0.717, 1.165) is 10.2 Å². The summed E-state index contributed by atoms with van der Waals surface area (Å²) in [6.45, 7) is 1.71. The molecule has 132 valence electrons. The van der Waals surface area contributed by atoms with Crippen molar-refractivity contribution in [2.75, 3.05) is 5.32 Å². The van der Waals surface area contributed by atoms with Crippen molar-refractivity contribution < 1.29 is 14.3 Å². The van der Waals surface area contributed by atoms with Gasteiger partial charge in [-0.15, -0.1) is 0 Å². The van der Waals surface area contributed by atoms with Crippen molar-refractivity contribution in [3.05, 3.63) is 83.3 Å². The van der Waals surface area contributed by atoms with E-state index in [1.165, 1.54) is 0 Å². The van der Waals surface area contributed by atoms with Crippen LogP contribution in [0.2, 0.25) is 0 Å². The highest BCUT2D eigenvalue weighted by molar-refractivity contribution is 9.10. The Hall–Kier alpha value is -2.79. The smallest absolute Gasteiger partial charge is 0.265 e. The van der Waals surface area contributed by atoms with E-state index in [1.54, 1.807) is 19.1 Å². The Kier molecular flexibility index (Phi) is 5.92. The molecule has 3 aromatic carbocycles. The highest BCUT2D eigenvalue weighted by Gasteiger charge is 2.15. The maximum Gasteiger partial charge on any atom is 0.265 e. The summed E-state index contributed by atoms with van der Waals surface area (Å²) in [7, 11) is 0. The standard InChI is InChI=1S/C21H18BrNO3/c1-15(25-19-11-7-16(22)8-12-19)21(24)23-17-9-13-20(14-10-17)26-18-5-3-2-4-6-18/h2-15H,1H3,(H,23,24). The summed E-state index contributed by atoms with van der Waals surface area (Å²) in [6.07, 6.45) is -0.614. The molecule has 0 aromatic heterocycles. The normalized spacial score (nSPS) is 11.5. The number of hydrogen-bond donors (Lipinski definition) is 1. The topological polar surface area (TPSA) is 47.6 Å². The zero-order valence-electron chi connectivity index (χ0n) is 14.2. The first-order valence-corrected chi connectivity index (χ1v) is 8.95. The fourth-order valence-electron chi connectivity index (χ4n) is 2.25. The number of carbonyl (C=O) groups excluding carboxylic acids is 1. The number of halogens is 1. The number of amides is 1. The molecule has 0 radical (unpaired) electrons. The lowest BCUT2D eigenvalue weighted by molar-refractivity contribution is -0.122. The molecule has 1 unspecified atom stereocenters. The summed E-state index contributed by atoms with van der Waals surface area (Å²) in [6, 6.07) is 24.1.